The fourth-order valence-corrected chi connectivity index (χ4v) is 2.21. The molecule has 0 saturated heterocycles. The van der Waals surface area contributed by atoms with E-state index >= 15 is 0 Å². The number of pyridine rings is 1. The molecule has 0 N–H and O–H groups in total. The van der Waals surface area contributed by atoms with Gasteiger partial charge in [-0.3, -0.25) is 4.98 Å². The standard InChI is InChI=1S/C17H19NOSi/c1-19-16-7-5-15(6-8-16)17-13-14(9-11-18-17)10-12-20(2,3)4/h5-9,11,13H,1-4H3. The highest BCUT2D eigenvalue weighted by Gasteiger charge is 2.07. The van der Waals surface area contributed by atoms with Gasteiger partial charge in [-0.1, -0.05) is 25.6 Å². The molecule has 2 rings (SSSR count). The van der Waals surface area contributed by atoms with Crippen LogP contribution in [0.15, 0.2) is 42.6 Å². The van der Waals surface area contributed by atoms with Crippen molar-refractivity contribution in [2.45, 2.75) is 19.6 Å². The number of ether oxygens (including phenoxy) is 1. The third kappa shape index (κ3) is 3.97. The summed E-state index contributed by atoms with van der Waals surface area (Å²) < 4.78 is 5.17. The van der Waals surface area contributed by atoms with Gasteiger partial charge in [-0.05, 0) is 36.4 Å². The minimum Gasteiger partial charge on any atom is -0.497 e. The summed E-state index contributed by atoms with van der Waals surface area (Å²) in [6.45, 7) is 6.72. The van der Waals surface area contributed by atoms with Gasteiger partial charge in [-0.15, -0.1) is 5.54 Å². The molecule has 1 aromatic carbocycles. The van der Waals surface area contributed by atoms with E-state index in [4.69, 9.17) is 4.74 Å². The lowest BCUT2D eigenvalue weighted by atomic mass is 10.1. The average molecular weight is 281 g/mol. The second-order valence-corrected chi connectivity index (χ2v) is 10.4. The first-order valence-electron chi connectivity index (χ1n) is 6.61. The van der Waals surface area contributed by atoms with E-state index in [2.05, 4.69) is 36.1 Å². The molecule has 0 atom stereocenters. The molecule has 2 aromatic rings. The first-order valence-corrected chi connectivity index (χ1v) is 10.1. The molecule has 0 amide bonds. The predicted octanol–water partition coefficient (Wildman–Crippen LogP) is 3.99. The van der Waals surface area contributed by atoms with Crippen molar-refractivity contribution in [3.8, 4) is 28.5 Å². The molecule has 102 valence electrons. The Labute approximate surface area is 121 Å². The summed E-state index contributed by atoms with van der Waals surface area (Å²) in [7, 11) is 0.319. The summed E-state index contributed by atoms with van der Waals surface area (Å²) in [6.07, 6.45) is 1.81. The molecule has 1 heterocycles. The fourth-order valence-electron chi connectivity index (χ4n) is 1.69. The van der Waals surface area contributed by atoms with Crippen molar-refractivity contribution in [3.05, 3.63) is 48.2 Å². The van der Waals surface area contributed by atoms with E-state index in [1.54, 1.807) is 7.11 Å². The molecule has 0 bridgehead atoms. The molecule has 1 aromatic heterocycles. The van der Waals surface area contributed by atoms with Gasteiger partial charge in [0, 0.05) is 17.3 Å². The smallest absolute Gasteiger partial charge is 0.129 e. The van der Waals surface area contributed by atoms with Gasteiger partial charge < -0.3 is 4.74 Å². The van der Waals surface area contributed by atoms with Gasteiger partial charge in [0.1, 0.15) is 13.8 Å². The fraction of sp³-hybridized carbons (Fsp3) is 0.235. The first-order chi connectivity index (χ1) is 9.48. The Bertz CT molecular complexity index is 645. The number of rotatable bonds is 2. The molecule has 0 aliphatic heterocycles. The van der Waals surface area contributed by atoms with E-state index in [1.165, 1.54) is 0 Å². The number of benzene rings is 1. The summed E-state index contributed by atoms with van der Waals surface area (Å²) in [6, 6.07) is 11.9. The number of nitrogens with zero attached hydrogens (tertiary/aromatic N) is 1. The molecule has 0 spiro atoms. The normalized spacial score (nSPS) is 10.6. The SMILES string of the molecule is COc1ccc(-c2cc(C#C[Si](C)(C)C)ccn2)cc1. The second-order valence-electron chi connectivity index (χ2n) is 5.66. The summed E-state index contributed by atoms with van der Waals surface area (Å²) in [4.78, 5) is 4.41. The van der Waals surface area contributed by atoms with Gasteiger partial charge in [0.25, 0.3) is 0 Å². The maximum absolute atomic E-state index is 5.17. The third-order valence-corrected chi connectivity index (χ3v) is 3.60. The van der Waals surface area contributed by atoms with E-state index in [9.17, 15) is 0 Å². The summed E-state index contributed by atoms with van der Waals surface area (Å²) in [5.74, 6) is 4.11. The van der Waals surface area contributed by atoms with Crippen LogP contribution in [0.5, 0.6) is 5.75 Å². The van der Waals surface area contributed by atoms with Gasteiger partial charge in [-0.25, -0.2) is 0 Å². The van der Waals surface area contributed by atoms with Crippen molar-refractivity contribution in [2.24, 2.45) is 0 Å². The van der Waals surface area contributed by atoms with E-state index < -0.39 is 8.07 Å². The zero-order valence-electron chi connectivity index (χ0n) is 12.4. The minimum atomic E-state index is -1.35. The van der Waals surface area contributed by atoms with E-state index in [0.717, 1.165) is 22.6 Å². The van der Waals surface area contributed by atoms with Crippen LogP contribution < -0.4 is 4.74 Å². The monoisotopic (exact) mass is 281 g/mol. The van der Waals surface area contributed by atoms with Crippen molar-refractivity contribution in [1.82, 2.24) is 4.98 Å². The highest BCUT2D eigenvalue weighted by molar-refractivity contribution is 6.83. The van der Waals surface area contributed by atoms with Gasteiger partial charge in [0.05, 0.1) is 12.8 Å². The molecule has 0 saturated carbocycles. The molecule has 0 unspecified atom stereocenters. The van der Waals surface area contributed by atoms with Crippen LogP contribution in [-0.4, -0.2) is 20.2 Å². The Morgan fingerprint density at radius 3 is 2.35 bits per heavy atom. The van der Waals surface area contributed by atoms with Gasteiger partial charge >= 0.3 is 0 Å². The molecule has 0 radical (unpaired) electrons. The maximum atomic E-state index is 5.17. The van der Waals surface area contributed by atoms with Gasteiger partial charge in [-0.2, -0.15) is 0 Å². The number of methoxy groups -OCH3 is 1. The van der Waals surface area contributed by atoms with Gasteiger partial charge in [0.2, 0.25) is 0 Å². The molecular weight excluding hydrogens is 262 g/mol. The van der Waals surface area contributed by atoms with Crippen LogP contribution in [0.4, 0.5) is 0 Å². The zero-order chi connectivity index (χ0) is 14.6. The van der Waals surface area contributed by atoms with E-state index in [-0.39, 0.29) is 0 Å². The molecule has 0 aliphatic rings. The molecule has 3 heteroatoms. The molecule has 0 fully saturated rings. The Morgan fingerprint density at radius 2 is 1.75 bits per heavy atom. The van der Waals surface area contributed by atoms with Crippen LogP contribution >= 0.6 is 0 Å². The van der Waals surface area contributed by atoms with E-state index in [1.807, 2.05) is 42.6 Å². The number of aromatic nitrogens is 1. The third-order valence-electron chi connectivity index (χ3n) is 2.73. The predicted molar refractivity (Wildman–Crippen MR) is 86.4 cm³/mol. The van der Waals surface area contributed by atoms with Gasteiger partial charge in [0.15, 0.2) is 0 Å². The molecular formula is C17H19NOSi. The van der Waals surface area contributed by atoms with Crippen molar-refractivity contribution >= 4 is 8.07 Å². The van der Waals surface area contributed by atoms with Crippen LogP contribution in [0, 0.1) is 11.5 Å². The van der Waals surface area contributed by atoms with Crippen LogP contribution in [0.2, 0.25) is 19.6 Å². The largest absolute Gasteiger partial charge is 0.497 e. The minimum absolute atomic E-state index is 0.850. The number of hydrogen-bond acceptors (Lipinski definition) is 2. The van der Waals surface area contributed by atoms with Crippen molar-refractivity contribution in [1.29, 1.82) is 0 Å². The Morgan fingerprint density at radius 1 is 1.05 bits per heavy atom. The highest BCUT2D eigenvalue weighted by Crippen LogP contribution is 2.21. The lowest BCUT2D eigenvalue weighted by Gasteiger charge is -2.05. The summed E-state index contributed by atoms with van der Waals surface area (Å²) in [5, 5.41) is 0. The topological polar surface area (TPSA) is 22.1 Å². The molecule has 0 aliphatic carbocycles. The summed E-state index contributed by atoms with van der Waals surface area (Å²) >= 11 is 0. The second kappa shape index (κ2) is 5.94. The first kappa shape index (κ1) is 14.4. The maximum Gasteiger partial charge on any atom is 0.129 e. The van der Waals surface area contributed by atoms with Crippen LogP contribution in [-0.2, 0) is 0 Å². The zero-order valence-corrected chi connectivity index (χ0v) is 13.4. The van der Waals surface area contributed by atoms with Crippen LogP contribution in [0.3, 0.4) is 0 Å². The van der Waals surface area contributed by atoms with Crippen LogP contribution in [0.1, 0.15) is 5.56 Å². The van der Waals surface area contributed by atoms with E-state index in [0.29, 0.717) is 0 Å². The quantitative estimate of drug-likeness (QED) is 0.613. The Kier molecular flexibility index (Phi) is 4.26. The highest BCUT2D eigenvalue weighted by atomic mass is 28.3. The Balaban J connectivity index is 2.31. The lowest BCUT2D eigenvalue weighted by Crippen LogP contribution is -2.16. The Hall–Kier alpha value is -2.05. The van der Waals surface area contributed by atoms with Crippen molar-refractivity contribution in [2.75, 3.05) is 7.11 Å². The summed E-state index contributed by atoms with van der Waals surface area (Å²) in [5.41, 5.74) is 6.41. The number of hydrogen-bond donors (Lipinski definition) is 0. The molecule has 20 heavy (non-hydrogen) atoms. The lowest BCUT2D eigenvalue weighted by molar-refractivity contribution is 0.415. The van der Waals surface area contributed by atoms with Crippen molar-refractivity contribution in [3.63, 3.8) is 0 Å². The van der Waals surface area contributed by atoms with Crippen LogP contribution in [0.25, 0.3) is 11.3 Å². The van der Waals surface area contributed by atoms with Crippen molar-refractivity contribution < 1.29 is 4.74 Å². The molecule has 2 nitrogen and oxygen atoms in total. The average Bonchev–Trinajstić information content (AvgIpc) is 2.45.